The lowest BCUT2D eigenvalue weighted by Gasteiger charge is -2.19. The summed E-state index contributed by atoms with van der Waals surface area (Å²) in [5, 5.41) is 5.81. The molecule has 0 saturated carbocycles. The monoisotopic (exact) mass is 337 g/mol. The van der Waals surface area contributed by atoms with Gasteiger partial charge in [-0.1, -0.05) is 41.1 Å². The van der Waals surface area contributed by atoms with Crippen molar-refractivity contribution in [3.63, 3.8) is 0 Å². The molecule has 0 aliphatic heterocycles. The molecular formula is C16H20BrNS. The van der Waals surface area contributed by atoms with Gasteiger partial charge >= 0.3 is 0 Å². The second-order valence-corrected chi connectivity index (χ2v) is 6.69. The molecule has 0 spiro atoms. The van der Waals surface area contributed by atoms with Crippen LogP contribution in [0.3, 0.4) is 0 Å². The predicted molar refractivity (Wildman–Crippen MR) is 87.9 cm³/mol. The Morgan fingerprint density at radius 3 is 2.79 bits per heavy atom. The molecule has 0 aliphatic rings. The normalized spacial score (nSPS) is 12.6. The van der Waals surface area contributed by atoms with E-state index >= 15 is 0 Å². The maximum atomic E-state index is 3.66. The van der Waals surface area contributed by atoms with Gasteiger partial charge in [-0.15, -0.1) is 11.3 Å². The van der Waals surface area contributed by atoms with E-state index in [0.29, 0.717) is 6.04 Å². The molecule has 0 saturated heterocycles. The van der Waals surface area contributed by atoms with Crippen molar-refractivity contribution in [2.75, 3.05) is 6.54 Å². The minimum absolute atomic E-state index is 0.408. The quantitative estimate of drug-likeness (QED) is 0.772. The van der Waals surface area contributed by atoms with Gasteiger partial charge in [0, 0.05) is 21.8 Å². The van der Waals surface area contributed by atoms with Crippen LogP contribution in [0.1, 0.15) is 35.4 Å². The minimum Gasteiger partial charge on any atom is -0.310 e. The van der Waals surface area contributed by atoms with Gasteiger partial charge < -0.3 is 5.32 Å². The zero-order chi connectivity index (χ0) is 13.7. The van der Waals surface area contributed by atoms with E-state index < -0.39 is 0 Å². The van der Waals surface area contributed by atoms with Crippen LogP contribution in [0.2, 0.25) is 0 Å². The lowest BCUT2D eigenvalue weighted by molar-refractivity contribution is 0.532. The zero-order valence-electron chi connectivity index (χ0n) is 11.4. The molecule has 2 rings (SSSR count). The van der Waals surface area contributed by atoms with E-state index in [-0.39, 0.29) is 0 Å². The molecular weight excluding hydrogens is 318 g/mol. The third-order valence-electron chi connectivity index (χ3n) is 3.21. The lowest BCUT2D eigenvalue weighted by Crippen LogP contribution is -2.23. The first kappa shape index (κ1) is 14.8. The molecule has 0 fully saturated rings. The van der Waals surface area contributed by atoms with E-state index in [9.17, 15) is 0 Å². The van der Waals surface area contributed by atoms with Crippen molar-refractivity contribution in [2.45, 2.75) is 32.7 Å². The summed E-state index contributed by atoms with van der Waals surface area (Å²) in [4.78, 5) is 1.44. The number of hydrogen-bond acceptors (Lipinski definition) is 2. The topological polar surface area (TPSA) is 12.0 Å². The second kappa shape index (κ2) is 7.22. The number of nitrogens with one attached hydrogen (secondary N) is 1. The SMILES string of the molecule is CCCNC(Cc1cccs1)c1ccc(Br)c(C)c1. The van der Waals surface area contributed by atoms with Gasteiger partial charge in [-0.3, -0.25) is 0 Å². The number of halogens is 1. The molecule has 0 radical (unpaired) electrons. The average molecular weight is 338 g/mol. The van der Waals surface area contributed by atoms with Crippen molar-refractivity contribution in [1.82, 2.24) is 5.32 Å². The Hall–Kier alpha value is -0.640. The fourth-order valence-electron chi connectivity index (χ4n) is 2.14. The van der Waals surface area contributed by atoms with Crippen LogP contribution in [0.15, 0.2) is 40.2 Å². The Balaban J connectivity index is 2.18. The Kier molecular flexibility index (Phi) is 5.61. The zero-order valence-corrected chi connectivity index (χ0v) is 13.9. The van der Waals surface area contributed by atoms with E-state index in [1.807, 2.05) is 11.3 Å². The van der Waals surface area contributed by atoms with Gasteiger partial charge in [-0.05, 0) is 48.5 Å². The molecule has 0 amide bonds. The molecule has 0 bridgehead atoms. The number of benzene rings is 1. The van der Waals surface area contributed by atoms with Crippen LogP contribution in [-0.4, -0.2) is 6.54 Å². The summed E-state index contributed by atoms with van der Waals surface area (Å²) in [7, 11) is 0. The Bertz CT molecular complexity index is 507. The Morgan fingerprint density at radius 2 is 2.16 bits per heavy atom. The van der Waals surface area contributed by atoms with Gasteiger partial charge in [0.25, 0.3) is 0 Å². The third kappa shape index (κ3) is 4.16. The van der Waals surface area contributed by atoms with Gasteiger partial charge in [0.1, 0.15) is 0 Å². The van der Waals surface area contributed by atoms with Gasteiger partial charge in [-0.2, -0.15) is 0 Å². The average Bonchev–Trinajstić information content (AvgIpc) is 2.91. The molecule has 0 aliphatic carbocycles. The Labute approximate surface area is 128 Å². The fraction of sp³-hybridized carbons (Fsp3) is 0.375. The molecule has 1 unspecified atom stereocenters. The highest BCUT2D eigenvalue weighted by molar-refractivity contribution is 9.10. The first-order chi connectivity index (χ1) is 9.20. The van der Waals surface area contributed by atoms with E-state index in [2.05, 4.69) is 70.8 Å². The van der Waals surface area contributed by atoms with Crippen molar-refractivity contribution < 1.29 is 0 Å². The van der Waals surface area contributed by atoms with Crippen molar-refractivity contribution in [3.05, 3.63) is 56.2 Å². The highest BCUT2D eigenvalue weighted by atomic mass is 79.9. The van der Waals surface area contributed by atoms with E-state index in [0.717, 1.165) is 19.4 Å². The summed E-state index contributed by atoms with van der Waals surface area (Å²) < 4.78 is 1.18. The number of rotatable bonds is 6. The molecule has 2 aromatic rings. The van der Waals surface area contributed by atoms with Gasteiger partial charge in [0.15, 0.2) is 0 Å². The third-order valence-corrected chi connectivity index (χ3v) is 5.00. The van der Waals surface area contributed by atoms with Gasteiger partial charge in [-0.25, -0.2) is 0 Å². The molecule has 1 nitrogen and oxygen atoms in total. The number of hydrogen-bond donors (Lipinski definition) is 1. The maximum absolute atomic E-state index is 3.66. The molecule has 1 N–H and O–H groups in total. The maximum Gasteiger partial charge on any atom is 0.0368 e. The summed E-state index contributed by atoms with van der Waals surface area (Å²) in [6.07, 6.45) is 2.23. The second-order valence-electron chi connectivity index (χ2n) is 4.80. The molecule has 19 heavy (non-hydrogen) atoms. The molecule has 1 atom stereocenters. The lowest BCUT2D eigenvalue weighted by atomic mass is 10.0. The summed E-state index contributed by atoms with van der Waals surface area (Å²) in [6, 6.07) is 11.4. The van der Waals surface area contributed by atoms with Crippen molar-refractivity contribution >= 4 is 27.3 Å². The van der Waals surface area contributed by atoms with Crippen LogP contribution in [0.25, 0.3) is 0 Å². The molecule has 1 heterocycles. The molecule has 1 aromatic heterocycles. The highest BCUT2D eigenvalue weighted by Gasteiger charge is 2.13. The van der Waals surface area contributed by atoms with Crippen molar-refractivity contribution in [3.8, 4) is 0 Å². The number of thiophene rings is 1. The summed E-state index contributed by atoms with van der Waals surface area (Å²) >= 11 is 5.41. The first-order valence-corrected chi connectivity index (χ1v) is 8.39. The Morgan fingerprint density at radius 1 is 1.32 bits per heavy atom. The highest BCUT2D eigenvalue weighted by Crippen LogP contribution is 2.25. The fourth-order valence-corrected chi connectivity index (χ4v) is 3.14. The summed E-state index contributed by atoms with van der Waals surface area (Å²) in [5.74, 6) is 0. The molecule has 102 valence electrons. The standard InChI is InChI=1S/C16H20BrNS/c1-3-8-18-16(11-14-5-4-9-19-14)13-6-7-15(17)12(2)10-13/h4-7,9-10,16,18H,3,8,11H2,1-2H3. The number of aryl methyl sites for hydroxylation is 1. The minimum atomic E-state index is 0.408. The smallest absolute Gasteiger partial charge is 0.0368 e. The van der Waals surface area contributed by atoms with Crippen molar-refractivity contribution in [1.29, 1.82) is 0 Å². The van der Waals surface area contributed by atoms with Crippen LogP contribution in [0, 0.1) is 6.92 Å². The van der Waals surface area contributed by atoms with Crippen LogP contribution in [0.5, 0.6) is 0 Å². The summed E-state index contributed by atoms with van der Waals surface area (Å²) in [5.41, 5.74) is 2.68. The van der Waals surface area contributed by atoms with Gasteiger partial charge in [0.05, 0.1) is 0 Å². The predicted octanol–water partition coefficient (Wildman–Crippen LogP) is 5.10. The van der Waals surface area contributed by atoms with E-state index in [4.69, 9.17) is 0 Å². The van der Waals surface area contributed by atoms with E-state index in [1.165, 1.54) is 20.5 Å². The summed E-state index contributed by atoms with van der Waals surface area (Å²) in [6.45, 7) is 5.42. The molecule has 3 heteroatoms. The largest absolute Gasteiger partial charge is 0.310 e. The van der Waals surface area contributed by atoms with Crippen LogP contribution >= 0.6 is 27.3 Å². The van der Waals surface area contributed by atoms with Crippen LogP contribution < -0.4 is 5.32 Å². The van der Waals surface area contributed by atoms with Crippen LogP contribution in [-0.2, 0) is 6.42 Å². The first-order valence-electron chi connectivity index (χ1n) is 6.72. The van der Waals surface area contributed by atoms with Crippen LogP contribution in [0.4, 0.5) is 0 Å². The molecule has 1 aromatic carbocycles. The van der Waals surface area contributed by atoms with Crippen molar-refractivity contribution in [2.24, 2.45) is 0 Å². The van der Waals surface area contributed by atoms with Gasteiger partial charge in [0.2, 0.25) is 0 Å². The van der Waals surface area contributed by atoms with E-state index in [1.54, 1.807) is 0 Å².